The first-order valence-corrected chi connectivity index (χ1v) is 7.43. The van der Waals surface area contributed by atoms with Crippen LogP contribution in [0.25, 0.3) is 0 Å². The van der Waals surface area contributed by atoms with Gasteiger partial charge in [0.25, 0.3) is 5.91 Å². The number of carbonyl (C=O) groups excluding carboxylic acids is 1. The number of aromatic nitrogens is 1. The molecule has 0 aliphatic carbocycles. The highest BCUT2D eigenvalue weighted by molar-refractivity contribution is 5.94. The molecule has 0 bridgehead atoms. The van der Waals surface area contributed by atoms with Gasteiger partial charge in [0.15, 0.2) is 0 Å². The van der Waals surface area contributed by atoms with Gasteiger partial charge in [-0.1, -0.05) is 6.07 Å². The maximum Gasteiger partial charge on any atom is 0.255 e. The first-order chi connectivity index (χ1) is 10.8. The lowest BCUT2D eigenvalue weighted by molar-refractivity contribution is 0.0792. The van der Waals surface area contributed by atoms with Crippen molar-refractivity contribution in [3.8, 4) is 5.75 Å². The third kappa shape index (κ3) is 3.19. The van der Waals surface area contributed by atoms with Crippen molar-refractivity contribution in [1.82, 2.24) is 9.88 Å². The molecule has 3 rings (SSSR count). The number of nitrogens with zero attached hydrogens (tertiary/aromatic N) is 2. The molecule has 1 aromatic carbocycles. The van der Waals surface area contributed by atoms with Gasteiger partial charge < -0.3 is 15.0 Å². The molecule has 5 nitrogen and oxygen atoms in total. The molecule has 2 heterocycles. The second-order valence-electron chi connectivity index (χ2n) is 5.29. The van der Waals surface area contributed by atoms with Crippen LogP contribution in [0.3, 0.4) is 0 Å². The Morgan fingerprint density at radius 3 is 2.73 bits per heavy atom. The van der Waals surface area contributed by atoms with Crippen LogP contribution >= 0.6 is 0 Å². The molecule has 0 spiro atoms. The minimum Gasteiger partial charge on any atom is -0.497 e. The van der Waals surface area contributed by atoms with Crippen LogP contribution < -0.4 is 10.1 Å². The van der Waals surface area contributed by atoms with E-state index in [0.29, 0.717) is 11.4 Å². The molecule has 0 radical (unpaired) electrons. The molecule has 2 aromatic rings. The Labute approximate surface area is 129 Å². The summed E-state index contributed by atoms with van der Waals surface area (Å²) in [6.07, 6.45) is 3.81. The SMILES string of the molecule is COc1cccc(Nc2ccc(C(=O)N3CCCC3)cn2)c1. The van der Waals surface area contributed by atoms with E-state index >= 15 is 0 Å². The van der Waals surface area contributed by atoms with Crippen molar-refractivity contribution in [3.05, 3.63) is 48.2 Å². The molecule has 0 saturated carbocycles. The first-order valence-electron chi connectivity index (χ1n) is 7.43. The summed E-state index contributed by atoms with van der Waals surface area (Å²) in [5.41, 5.74) is 1.53. The van der Waals surface area contributed by atoms with E-state index in [-0.39, 0.29) is 5.91 Å². The van der Waals surface area contributed by atoms with E-state index in [4.69, 9.17) is 4.74 Å². The van der Waals surface area contributed by atoms with Crippen molar-refractivity contribution in [2.75, 3.05) is 25.5 Å². The van der Waals surface area contributed by atoms with Gasteiger partial charge in [0.1, 0.15) is 11.6 Å². The van der Waals surface area contributed by atoms with Crippen molar-refractivity contribution < 1.29 is 9.53 Å². The summed E-state index contributed by atoms with van der Waals surface area (Å²) >= 11 is 0. The van der Waals surface area contributed by atoms with Gasteiger partial charge in [-0.25, -0.2) is 4.98 Å². The summed E-state index contributed by atoms with van der Waals surface area (Å²) in [5.74, 6) is 1.55. The number of rotatable bonds is 4. The van der Waals surface area contributed by atoms with Crippen LogP contribution in [0, 0.1) is 0 Å². The highest BCUT2D eigenvalue weighted by Gasteiger charge is 2.19. The fourth-order valence-corrected chi connectivity index (χ4v) is 2.55. The summed E-state index contributed by atoms with van der Waals surface area (Å²) in [6.45, 7) is 1.70. The van der Waals surface area contributed by atoms with Crippen LogP contribution in [0.15, 0.2) is 42.6 Å². The van der Waals surface area contributed by atoms with E-state index in [1.807, 2.05) is 41.3 Å². The molecule has 1 aromatic heterocycles. The molecule has 1 saturated heterocycles. The van der Waals surface area contributed by atoms with E-state index in [2.05, 4.69) is 10.3 Å². The highest BCUT2D eigenvalue weighted by Crippen LogP contribution is 2.20. The van der Waals surface area contributed by atoms with Gasteiger partial charge in [0.05, 0.1) is 12.7 Å². The van der Waals surface area contributed by atoms with E-state index in [1.165, 1.54) is 0 Å². The molecule has 0 atom stereocenters. The van der Waals surface area contributed by atoms with Gasteiger partial charge in [-0.3, -0.25) is 4.79 Å². The van der Waals surface area contributed by atoms with Gasteiger partial charge in [0.2, 0.25) is 0 Å². The number of anilines is 2. The lowest BCUT2D eigenvalue weighted by Crippen LogP contribution is -2.27. The Kier molecular flexibility index (Phi) is 4.23. The Morgan fingerprint density at radius 2 is 2.05 bits per heavy atom. The number of carbonyl (C=O) groups is 1. The van der Waals surface area contributed by atoms with Crippen molar-refractivity contribution in [2.45, 2.75) is 12.8 Å². The summed E-state index contributed by atoms with van der Waals surface area (Å²) in [5, 5.41) is 3.20. The first kappa shape index (κ1) is 14.4. The van der Waals surface area contributed by atoms with Gasteiger partial charge in [-0.2, -0.15) is 0 Å². The van der Waals surface area contributed by atoms with Gasteiger partial charge in [-0.15, -0.1) is 0 Å². The van der Waals surface area contributed by atoms with Gasteiger partial charge in [0, 0.05) is 31.0 Å². The molecule has 1 fully saturated rings. The quantitative estimate of drug-likeness (QED) is 0.942. The fourth-order valence-electron chi connectivity index (χ4n) is 2.55. The molecule has 1 N–H and O–H groups in total. The largest absolute Gasteiger partial charge is 0.497 e. The molecule has 22 heavy (non-hydrogen) atoms. The van der Waals surface area contributed by atoms with Crippen LogP contribution in [0.1, 0.15) is 23.2 Å². The summed E-state index contributed by atoms with van der Waals surface area (Å²) in [6, 6.07) is 11.3. The van der Waals surface area contributed by atoms with E-state index < -0.39 is 0 Å². The van der Waals surface area contributed by atoms with Crippen molar-refractivity contribution in [3.63, 3.8) is 0 Å². The zero-order valence-electron chi connectivity index (χ0n) is 12.6. The smallest absolute Gasteiger partial charge is 0.255 e. The number of amides is 1. The summed E-state index contributed by atoms with van der Waals surface area (Å²) < 4.78 is 5.19. The van der Waals surface area contributed by atoms with E-state index in [1.54, 1.807) is 13.3 Å². The number of hydrogen-bond donors (Lipinski definition) is 1. The second-order valence-corrected chi connectivity index (χ2v) is 5.29. The number of benzene rings is 1. The lowest BCUT2D eigenvalue weighted by atomic mass is 10.2. The fraction of sp³-hybridized carbons (Fsp3) is 0.294. The van der Waals surface area contributed by atoms with E-state index in [0.717, 1.165) is 37.4 Å². The van der Waals surface area contributed by atoms with Gasteiger partial charge in [-0.05, 0) is 37.1 Å². The predicted molar refractivity (Wildman–Crippen MR) is 85.7 cm³/mol. The molecular weight excluding hydrogens is 278 g/mol. The number of likely N-dealkylation sites (tertiary alicyclic amines) is 1. The third-order valence-corrected chi connectivity index (χ3v) is 3.75. The lowest BCUT2D eigenvalue weighted by Gasteiger charge is -2.15. The normalized spacial score (nSPS) is 14.0. The molecule has 1 amide bonds. The number of ether oxygens (including phenoxy) is 1. The zero-order valence-corrected chi connectivity index (χ0v) is 12.6. The summed E-state index contributed by atoms with van der Waals surface area (Å²) in [7, 11) is 1.64. The molecular formula is C17H19N3O2. The second kappa shape index (κ2) is 6.47. The molecule has 5 heteroatoms. The van der Waals surface area contributed by atoms with E-state index in [9.17, 15) is 4.79 Å². The molecule has 114 valence electrons. The standard InChI is InChI=1S/C17H19N3O2/c1-22-15-6-4-5-14(11-15)19-16-8-7-13(12-18-16)17(21)20-9-2-3-10-20/h4-8,11-12H,2-3,9-10H2,1H3,(H,18,19). The Hall–Kier alpha value is -2.56. The number of nitrogens with one attached hydrogen (secondary N) is 1. The molecule has 1 aliphatic rings. The maximum absolute atomic E-state index is 12.2. The van der Waals surface area contributed by atoms with Crippen molar-refractivity contribution in [1.29, 1.82) is 0 Å². The Bertz CT molecular complexity index is 649. The summed E-state index contributed by atoms with van der Waals surface area (Å²) in [4.78, 5) is 18.5. The van der Waals surface area contributed by atoms with Crippen LogP contribution in [-0.4, -0.2) is 36.0 Å². The minimum atomic E-state index is 0.0675. The maximum atomic E-state index is 12.2. The van der Waals surface area contributed by atoms with Crippen molar-refractivity contribution in [2.24, 2.45) is 0 Å². The van der Waals surface area contributed by atoms with Crippen LogP contribution in [0.5, 0.6) is 5.75 Å². The minimum absolute atomic E-state index is 0.0675. The van der Waals surface area contributed by atoms with Crippen LogP contribution in [0.4, 0.5) is 11.5 Å². The number of hydrogen-bond acceptors (Lipinski definition) is 4. The molecule has 1 aliphatic heterocycles. The number of pyridine rings is 1. The third-order valence-electron chi connectivity index (χ3n) is 3.75. The average molecular weight is 297 g/mol. The highest BCUT2D eigenvalue weighted by atomic mass is 16.5. The zero-order chi connectivity index (χ0) is 15.4. The Balaban J connectivity index is 1.69. The van der Waals surface area contributed by atoms with Crippen LogP contribution in [0.2, 0.25) is 0 Å². The van der Waals surface area contributed by atoms with Crippen LogP contribution in [-0.2, 0) is 0 Å². The monoisotopic (exact) mass is 297 g/mol. The topological polar surface area (TPSA) is 54.5 Å². The number of methoxy groups -OCH3 is 1. The average Bonchev–Trinajstić information content (AvgIpc) is 3.09. The van der Waals surface area contributed by atoms with Crippen molar-refractivity contribution >= 4 is 17.4 Å². The Morgan fingerprint density at radius 1 is 1.23 bits per heavy atom. The molecule has 0 unspecified atom stereocenters. The van der Waals surface area contributed by atoms with Gasteiger partial charge >= 0.3 is 0 Å². The predicted octanol–water partition coefficient (Wildman–Crippen LogP) is 3.07.